The van der Waals surface area contributed by atoms with Gasteiger partial charge in [0.1, 0.15) is 10.9 Å². The smallest absolute Gasteiger partial charge is 0.341 e. The van der Waals surface area contributed by atoms with Crippen molar-refractivity contribution in [1.29, 1.82) is 0 Å². The first-order chi connectivity index (χ1) is 9.06. The van der Waals surface area contributed by atoms with Crippen molar-refractivity contribution in [2.45, 2.75) is 26.2 Å². The van der Waals surface area contributed by atoms with E-state index in [4.69, 9.17) is 16.3 Å². The molecule has 1 aliphatic rings. The van der Waals surface area contributed by atoms with Crippen molar-refractivity contribution in [3.63, 3.8) is 0 Å². The van der Waals surface area contributed by atoms with Gasteiger partial charge in [0.15, 0.2) is 0 Å². The maximum atomic E-state index is 11.9. The van der Waals surface area contributed by atoms with E-state index in [1.807, 2.05) is 0 Å². The molecule has 1 heterocycles. The molecule has 6 heteroatoms. The average molecular weight is 302 g/mol. The minimum Gasteiger partial charge on any atom is -0.465 e. The minimum atomic E-state index is -0.392. The van der Waals surface area contributed by atoms with Crippen molar-refractivity contribution in [3.05, 3.63) is 16.0 Å². The summed E-state index contributed by atoms with van der Waals surface area (Å²) in [5.41, 5.74) is 1.53. The Balaban J connectivity index is 2.41. The van der Waals surface area contributed by atoms with Gasteiger partial charge in [-0.1, -0.05) is 6.92 Å². The fourth-order valence-corrected chi connectivity index (χ4v) is 3.80. The summed E-state index contributed by atoms with van der Waals surface area (Å²) in [7, 11) is 1.35. The highest BCUT2D eigenvalue weighted by Crippen LogP contribution is 2.39. The Morgan fingerprint density at radius 2 is 2.26 bits per heavy atom. The number of carbonyl (C=O) groups is 2. The summed E-state index contributed by atoms with van der Waals surface area (Å²) in [6, 6.07) is 0. The van der Waals surface area contributed by atoms with E-state index < -0.39 is 5.97 Å². The SMILES string of the molecule is COC(=O)c1c(NC(=O)CCl)sc2c1CCC(C)C2. The van der Waals surface area contributed by atoms with Crippen molar-refractivity contribution in [1.82, 2.24) is 0 Å². The third-order valence-electron chi connectivity index (χ3n) is 3.28. The number of nitrogens with one attached hydrogen (secondary N) is 1. The summed E-state index contributed by atoms with van der Waals surface area (Å²) < 4.78 is 4.83. The molecule has 0 aromatic carbocycles. The lowest BCUT2D eigenvalue weighted by molar-refractivity contribution is -0.113. The van der Waals surface area contributed by atoms with Crippen LogP contribution in [0.5, 0.6) is 0 Å². The summed E-state index contributed by atoms with van der Waals surface area (Å²) in [6.07, 6.45) is 2.85. The fourth-order valence-electron chi connectivity index (χ4n) is 2.32. The second kappa shape index (κ2) is 5.92. The predicted octanol–water partition coefficient (Wildman–Crippen LogP) is 2.84. The maximum absolute atomic E-state index is 11.9. The van der Waals surface area contributed by atoms with Crippen LogP contribution in [0.2, 0.25) is 0 Å². The number of anilines is 1. The van der Waals surface area contributed by atoms with Gasteiger partial charge in [0, 0.05) is 4.88 Å². The summed E-state index contributed by atoms with van der Waals surface area (Å²) in [5.74, 6) is -0.219. The number of fused-ring (bicyclic) bond motifs is 1. The molecular weight excluding hydrogens is 286 g/mol. The van der Waals surface area contributed by atoms with Crippen LogP contribution in [0, 0.1) is 5.92 Å². The van der Waals surface area contributed by atoms with E-state index >= 15 is 0 Å². The lowest BCUT2D eigenvalue weighted by Gasteiger charge is -2.18. The molecule has 0 saturated heterocycles. The molecule has 0 saturated carbocycles. The number of alkyl halides is 1. The molecule has 1 unspecified atom stereocenters. The number of thiophene rings is 1. The molecule has 4 nitrogen and oxygen atoms in total. The van der Waals surface area contributed by atoms with Gasteiger partial charge in [-0.3, -0.25) is 4.79 Å². The molecule has 2 rings (SSSR count). The maximum Gasteiger partial charge on any atom is 0.341 e. The van der Waals surface area contributed by atoms with E-state index in [-0.39, 0.29) is 11.8 Å². The molecule has 0 radical (unpaired) electrons. The topological polar surface area (TPSA) is 55.4 Å². The normalized spacial score (nSPS) is 17.7. The van der Waals surface area contributed by atoms with E-state index in [1.165, 1.54) is 23.3 Å². The molecule has 0 spiro atoms. The average Bonchev–Trinajstić information content (AvgIpc) is 2.74. The molecule has 1 amide bonds. The van der Waals surface area contributed by atoms with E-state index in [0.29, 0.717) is 16.5 Å². The van der Waals surface area contributed by atoms with Crippen LogP contribution < -0.4 is 5.32 Å². The number of methoxy groups -OCH3 is 1. The second-order valence-electron chi connectivity index (χ2n) is 4.73. The first kappa shape index (κ1) is 14.3. The Kier molecular flexibility index (Phi) is 4.47. The van der Waals surface area contributed by atoms with Crippen LogP contribution >= 0.6 is 22.9 Å². The van der Waals surface area contributed by atoms with E-state index in [1.54, 1.807) is 0 Å². The molecular formula is C13H16ClNO3S. The van der Waals surface area contributed by atoms with Gasteiger partial charge in [0.25, 0.3) is 0 Å². The first-order valence-corrected chi connectivity index (χ1v) is 7.50. The predicted molar refractivity (Wildman–Crippen MR) is 76.2 cm³/mol. The largest absolute Gasteiger partial charge is 0.465 e. The van der Waals surface area contributed by atoms with Gasteiger partial charge in [0.2, 0.25) is 5.91 Å². The summed E-state index contributed by atoms with van der Waals surface area (Å²) in [6.45, 7) is 2.19. The van der Waals surface area contributed by atoms with Crippen molar-refractivity contribution < 1.29 is 14.3 Å². The zero-order valence-corrected chi connectivity index (χ0v) is 12.5. The van der Waals surface area contributed by atoms with Crippen molar-refractivity contribution >= 4 is 39.8 Å². The van der Waals surface area contributed by atoms with Gasteiger partial charge in [0.05, 0.1) is 12.7 Å². The summed E-state index contributed by atoms with van der Waals surface area (Å²) in [5, 5.41) is 3.26. The van der Waals surface area contributed by atoms with Gasteiger partial charge in [-0.25, -0.2) is 4.79 Å². The highest BCUT2D eigenvalue weighted by Gasteiger charge is 2.28. The molecule has 1 aromatic rings. The van der Waals surface area contributed by atoms with Gasteiger partial charge in [-0.05, 0) is 30.7 Å². The van der Waals surface area contributed by atoms with Crippen molar-refractivity contribution in [3.8, 4) is 0 Å². The van der Waals surface area contributed by atoms with Gasteiger partial charge >= 0.3 is 5.97 Å². The third-order valence-corrected chi connectivity index (χ3v) is 4.69. The molecule has 1 N–H and O–H groups in total. The molecule has 1 aliphatic carbocycles. The van der Waals surface area contributed by atoms with Crippen LogP contribution in [-0.2, 0) is 22.4 Å². The van der Waals surface area contributed by atoms with Crippen LogP contribution in [-0.4, -0.2) is 24.9 Å². The molecule has 1 aromatic heterocycles. The van der Waals surface area contributed by atoms with Crippen LogP contribution in [0.3, 0.4) is 0 Å². The molecule has 0 aliphatic heterocycles. The monoisotopic (exact) mass is 301 g/mol. The number of ether oxygens (including phenoxy) is 1. The Morgan fingerprint density at radius 3 is 2.89 bits per heavy atom. The number of carbonyl (C=O) groups excluding carboxylic acids is 2. The Hall–Kier alpha value is -1.07. The highest BCUT2D eigenvalue weighted by atomic mass is 35.5. The van der Waals surface area contributed by atoms with E-state index in [0.717, 1.165) is 24.8 Å². The Labute approximate surface area is 121 Å². The van der Waals surface area contributed by atoms with Crippen LogP contribution in [0.25, 0.3) is 0 Å². The summed E-state index contributed by atoms with van der Waals surface area (Å²) in [4.78, 5) is 24.5. The van der Waals surface area contributed by atoms with Gasteiger partial charge in [-0.15, -0.1) is 22.9 Å². The molecule has 1 atom stereocenters. The second-order valence-corrected chi connectivity index (χ2v) is 6.10. The van der Waals surface area contributed by atoms with Crippen LogP contribution in [0.15, 0.2) is 0 Å². The number of esters is 1. The number of hydrogen-bond acceptors (Lipinski definition) is 4. The molecule has 0 fully saturated rings. The van der Waals surface area contributed by atoms with Crippen molar-refractivity contribution in [2.24, 2.45) is 5.92 Å². The number of halogens is 1. The minimum absolute atomic E-state index is 0.125. The zero-order chi connectivity index (χ0) is 14.0. The number of amides is 1. The van der Waals surface area contributed by atoms with Gasteiger partial charge in [-0.2, -0.15) is 0 Å². The fraction of sp³-hybridized carbons (Fsp3) is 0.538. The Morgan fingerprint density at radius 1 is 1.53 bits per heavy atom. The van der Waals surface area contributed by atoms with Gasteiger partial charge < -0.3 is 10.1 Å². The number of rotatable bonds is 3. The van der Waals surface area contributed by atoms with Crippen LogP contribution in [0.1, 0.15) is 34.1 Å². The number of hydrogen-bond donors (Lipinski definition) is 1. The lowest BCUT2D eigenvalue weighted by Crippen LogP contribution is -2.16. The third kappa shape index (κ3) is 2.92. The quantitative estimate of drug-likeness (QED) is 0.690. The molecule has 104 valence electrons. The lowest BCUT2D eigenvalue weighted by atomic mass is 9.88. The molecule has 19 heavy (non-hydrogen) atoms. The molecule has 0 bridgehead atoms. The zero-order valence-electron chi connectivity index (χ0n) is 10.9. The standard InChI is InChI=1S/C13H16ClNO3S/c1-7-3-4-8-9(5-7)19-12(15-10(16)6-14)11(8)13(17)18-2/h7H,3-6H2,1-2H3,(H,15,16). The van der Waals surface area contributed by atoms with Crippen LogP contribution in [0.4, 0.5) is 5.00 Å². The van der Waals surface area contributed by atoms with E-state index in [2.05, 4.69) is 12.2 Å². The highest BCUT2D eigenvalue weighted by molar-refractivity contribution is 7.17. The van der Waals surface area contributed by atoms with Crippen molar-refractivity contribution in [2.75, 3.05) is 18.3 Å². The Bertz CT molecular complexity index is 512. The van der Waals surface area contributed by atoms with E-state index in [9.17, 15) is 9.59 Å². The first-order valence-electron chi connectivity index (χ1n) is 6.15. The summed E-state index contributed by atoms with van der Waals surface area (Å²) >= 11 is 6.96.